The molecule has 0 bridgehead atoms. The van der Waals surface area contributed by atoms with E-state index in [0.29, 0.717) is 53.4 Å². The van der Waals surface area contributed by atoms with Crippen molar-refractivity contribution in [2.45, 2.75) is 30.9 Å². The van der Waals surface area contributed by atoms with E-state index >= 15 is 0 Å². The summed E-state index contributed by atoms with van der Waals surface area (Å²) in [6, 6.07) is 20.9. The summed E-state index contributed by atoms with van der Waals surface area (Å²) in [7, 11) is 0. The summed E-state index contributed by atoms with van der Waals surface area (Å²) in [5.41, 5.74) is 26.8. The van der Waals surface area contributed by atoms with E-state index in [-0.39, 0.29) is 60.5 Å². The van der Waals surface area contributed by atoms with Crippen molar-refractivity contribution in [1.29, 1.82) is 0 Å². The predicted octanol–water partition coefficient (Wildman–Crippen LogP) is 5.98. The third-order valence-corrected chi connectivity index (χ3v) is 9.91. The van der Waals surface area contributed by atoms with Crippen LogP contribution in [0.5, 0.6) is 0 Å². The maximum Gasteiger partial charge on any atom is 0.416 e. The third-order valence-electron chi connectivity index (χ3n) is 9.91. The molecule has 2 aliphatic heterocycles. The van der Waals surface area contributed by atoms with E-state index in [4.69, 9.17) is 22.9 Å². The van der Waals surface area contributed by atoms with Crippen molar-refractivity contribution in [3.05, 3.63) is 142 Å². The molecule has 0 saturated heterocycles. The van der Waals surface area contributed by atoms with Crippen LogP contribution in [0.3, 0.4) is 0 Å². The van der Waals surface area contributed by atoms with Gasteiger partial charge in [-0.1, -0.05) is 36.4 Å². The lowest BCUT2D eigenvalue weighted by Crippen LogP contribution is -2.37. The monoisotopic (exact) mass is 807 g/mol. The number of nitrogen functional groups attached to an aromatic ring is 2. The average Bonchev–Trinajstić information content (AvgIpc) is 3.65. The molecular formula is C41H43F6N9O2. The van der Waals surface area contributed by atoms with Gasteiger partial charge in [0.25, 0.3) is 11.8 Å². The Balaban J connectivity index is 1.08. The molecule has 0 saturated carbocycles. The molecule has 6 rings (SSSR count). The SMILES string of the molecule is Nc1ccc([C@@H](N)C2=C(Nc3cccc(C(F)(F)F)c3)CN(CCCNCCN3CC(Nc4cccc(C(F)(F)F)c4)=C([C@H](N)c4ccc(N)cc4)C3=O)C2=O)cc1. The second-order valence-electron chi connectivity index (χ2n) is 14.0. The first-order valence-corrected chi connectivity index (χ1v) is 18.4. The second-order valence-corrected chi connectivity index (χ2v) is 14.0. The van der Waals surface area contributed by atoms with Crippen LogP contribution in [0, 0.1) is 0 Å². The Labute approximate surface area is 330 Å². The molecule has 58 heavy (non-hydrogen) atoms. The maximum absolute atomic E-state index is 13.8. The number of nitrogens with two attached hydrogens (primary N) is 4. The Kier molecular flexibility index (Phi) is 12.3. The number of halogens is 6. The van der Waals surface area contributed by atoms with Crippen molar-refractivity contribution in [2.75, 3.05) is 61.4 Å². The van der Waals surface area contributed by atoms with Crippen LogP contribution in [0.1, 0.15) is 40.8 Å². The standard InChI is InChI=1S/C41H43F6N9O2/c42-40(43,44)26-4-1-6-30(20-26)53-32-22-55(38(57)34(32)36(50)24-8-12-28(48)13-9-24)18-3-16-52-17-19-56-23-33(54-31-7-2-5-27(21-31)41(45,46)47)35(39(56)58)37(51)25-10-14-29(49)15-11-25/h1-2,4-15,20-21,36-37,52-54H,3,16-19,22-23,48-51H2/t36-,37-/m1/s1. The first kappa shape index (κ1) is 41.6. The first-order valence-electron chi connectivity index (χ1n) is 18.4. The van der Waals surface area contributed by atoms with Gasteiger partial charge in [0.2, 0.25) is 0 Å². The van der Waals surface area contributed by atoms with Crippen molar-refractivity contribution < 1.29 is 35.9 Å². The molecule has 11 nitrogen and oxygen atoms in total. The van der Waals surface area contributed by atoms with E-state index < -0.39 is 35.6 Å². The molecule has 17 heteroatoms. The lowest BCUT2D eigenvalue weighted by Gasteiger charge is -2.20. The largest absolute Gasteiger partial charge is 0.416 e. The number of amides is 2. The second kappa shape index (κ2) is 17.2. The van der Waals surface area contributed by atoms with E-state index in [1.807, 2.05) is 0 Å². The van der Waals surface area contributed by atoms with E-state index in [9.17, 15) is 35.9 Å². The molecule has 4 aromatic carbocycles. The summed E-state index contributed by atoms with van der Waals surface area (Å²) in [6.45, 7) is 1.45. The van der Waals surface area contributed by atoms with Gasteiger partial charge >= 0.3 is 12.4 Å². The van der Waals surface area contributed by atoms with Crippen LogP contribution in [-0.4, -0.2) is 60.9 Å². The summed E-state index contributed by atoms with van der Waals surface area (Å²) in [5, 5.41) is 9.28. The molecule has 2 aliphatic rings. The van der Waals surface area contributed by atoms with Gasteiger partial charge in [-0.2, -0.15) is 26.3 Å². The van der Waals surface area contributed by atoms with Gasteiger partial charge in [0.15, 0.2) is 0 Å². The summed E-state index contributed by atoms with van der Waals surface area (Å²) < 4.78 is 80.8. The summed E-state index contributed by atoms with van der Waals surface area (Å²) in [5.74, 6) is -0.738. The van der Waals surface area contributed by atoms with Crippen molar-refractivity contribution in [1.82, 2.24) is 15.1 Å². The third kappa shape index (κ3) is 9.73. The van der Waals surface area contributed by atoms with Gasteiger partial charge in [-0.15, -0.1) is 0 Å². The highest BCUT2D eigenvalue weighted by Crippen LogP contribution is 2.36. The highest BCUT2D eigenvalue weighted by molar-refractivity contribution is 6.00. The van der Waals surface area contributed by atoms with Crippen LogP contribution in [0.25, 0.3) is 0 Å². The normalized spacial score (nSPS) is 16.1. The lowest BCUT2D eigenvalue weighted by atomic mass is 9.98. The zero-order valence-corrected chi connectivity index (χ0v) is 31.1. The van der Waals surface area contributed by atoms with Gasteiger partial charge in [-0.25, -0.2) is 0 Å². The predicted molar refractivity (Wildman–Crippen MR) is 210 cm³/mol. The Bertz CT molecular complexity index is 2030. The molecule has 0 aliphatic carbocycles. The van der Waals surface area contributed by atoms with Gasteiger partial charge in [0.1, 0.15) is 0 Å². The minimum Gasteiger partial charge on any atom is -0.399 e. The molecule has 2 atom stereocenters. The zero-order valence-electron chi connectivity index (χ0n) is 31.1. The smallest absolute Gasteiger partial charge is 0.399 e. The summed E-state index contributed by atoms with van der Waals surface area (Å²) >= 11 is 0. The molecular weight excluding hydrogens is 764 g/mol. The molecule has 0 fully saturated rings. The van der Waals surface area contributed by atoms with Gasteiger partial charge in [0.05, 0.1) is 47.4 Å². The Hall–Kier alpha value is -6.04. The summed E-state index contributed by atoms with van der Waals surface area (Å²) in [6.07, 6.45) is -8.64. The minimum atomic E-state index is -4.56. The topological polar surface area (TPSA) is 181 Å². The van der Waals surface area contributed by atoms with Gasteiger partial charge in [0, 0.05) is 53.8 Å². The average molecular weight is 808 g/mol. The van der Waals surface area contributed by atoms with Crippen molar-refractivity contribution in [3.63, 3.8) is 0 Å². The van der Waals surface area contributed by atoms with Crippen LogP contribution in [0.2, 0.25) is 0 Å². The highest BCUT2D eigenvalue weighted by Gasteiger charge is 2.37. The van der Waals surface area contributed by atoms with Crippen LogP contribution in [0.4, 0.5) is 49.1 Å². The number of anilines is 4. The molecule has 0 unspecified atom stereocenters. The molecule has 0 radical (unpaired) electrons. The van der Waals surface area contributed by atoms with E-state index in [0.717, 1.165) is 24.3 Å². The van der Waals surface area contributed by atoms with Gasteiger partial charge in [-0.05, 0) is 84.8 Å². The fourth-order valence-electron chi connectivity index (χ4n) is 6.88. The quantitative estimate of drug-likeness (QED) is 0.0432. The van der Waals surface area contributed by atoms with E-state index in [1.54, 1.807) is 58.3 Å². The van der Waals surface area contributed by atoms with Crippen molar-refractivity contribution >= 4 is 34.6 Å². The number of alkyl halides is 6. The Morgan fingerprint density at radius 2 is 1.00 bits per heavy atom. The molecule has 0 spiro atoms. The highest BCUT2D eigenvalue weighted by atomic mass is 19.4. The summed E-state index contributed by atoms with van der Waals surface area (Å²) in [4.78, 5) is 30.6. The van der Waals surface area contributed by atoms with E-state index in [1.165, 1.54) is 24.3 Å². The number of rotatable bonds is 15. The molecule has 4 aromatic rings. The van der Waals surface area contributed by atoms with Gasteiger partial charge in [-0.3, -0.25) is 9.59 Å². The Morgan fingerprint density at radius 3 is 1.41 bits per heavy atom. The Morgan fingerprint density at radius 1 is 0.586 bits per heavy atom. The molecule has 2 heterocycles. The number of carbonyl (C=O) groups is 2. The number of nitrogens with zero attached hydrogens (tertiary/aromatic N) is 2. The van der Waals surface area contributed by atoms with Crippen molar-refractivity contribution in [2.24, 2.45) is 11.5 Å². The van der Waals surface area contributed by atoms with Crippen LogP contribution in [0.15, 0.2) is 120 Å². The minimum absolute atomic E-state index is 0.0708. The zero-order chi connectivity index (χ0) is 41.8. The van der Waals surface area contributed by atoms with E-state index in [2.05, 4.69) is 16.0 Å². The first-order chi connectivity index (χ1) is 27.5. The van der Waals surface area contributed by atoms with Crippen molar-refractivity contribution in [3.8, 4) is 0 Å². The molecule has 2 amide bonds. The number of nitrogens with one attached hydrogen (secondary N) is 3. The van der Waals surface area contributed by atoms with Gasteiger partial charge < -0.3 is 48.7 Å². The number of hydrogen-bond acceptors (Lipinski definition) is 9. The number of carbonyl (C=O) groups excluding carboxylic acids is 2. The van der Waals surface area contributed by atoms with Crippen LogP contribution >= 0.6 is 0 Å². The molecule has 11 N–H and O–H groups in total. The van der Waals surface area contributed by atoms with Crippen LogP contribution in [-0.2, 0) is 21.9 Å². The fourth-order valence-corrected chi connectivity index (χ4v) is 6.88. The van der Waals surface area contributed by atoms with Crippen LogP contribution < -0.4 is 38.9 Å². The maximum atomic E-state index is 13.8. The fraction of sp³-hybridized carbons (Fsp3) is 0.268. The lowest BCUT2D eigenvalue weighted by molar-refractivity contribution is -0.138. The molecule has 306 valence electrons. The number of benzene rings is 4. The molecule has 0 aromatic heterocycles. The number of hydrogen-bond donors (Lipinski definition) is 7.